The Hall–Kier alpha value is 0.340. The van der Waals surface area contributed by atoms with E-state index in [0.717, 1.165) is 12.8 Å². The molecule has 0 spiro atoms. The van der Waals surface area contributed by atoms with Crippen molar-refractivity contribution in [3.8, 4) is 0 Å². The van der Waals surface area contributed by atoms with Crippen molar-refractivity contribution in [2.75, 3.05) is 6.54 Å². The predicted octanol–water partition coefficient (Wildman–Crippen LogP) is 0.330. The van der Waals surface area contributed by atoms with Gasteiger partial charge in [-0.1, -0.05) is 58.3 Å². The summed E-state index contributed by atoms with van der Waals surface area (Å²) in [4.78, 5) is 10.2. The fraction of sp³-hybridized carbons (Fsp3) is 0.933. The molecule has 0 saturated carbocycles. The number of carboxylic acids is 1. The summed E-state index contributed by atoms with van der Waals surface area (Å²) in [5.74, 6) is -0.659. The molecular formula is C15H34NNaO5S. The van der Waals surface area contributed by atoms with Crippen LogP contribution in [0.4, 0.5) is 0 Å². The number of aliphatic carboxylic acids is 1. The number of carbonyl (C=O) groups is 1. The second-order valence-corrected chi connectivity index (χ2v) is 7.37. The Morgan fingerprint density at radius 2 is 1.43 bits per heavy atom. The van der Waals surface area contributed by atoms with Gasteiger partial charge in [0.05, 0.1) is 5.25 Å². The molecule has 6 nitrogen and oxygen atoms in total. The van der Waals surface area contributed by atoms with Gasteiger partial charge in [-0.3, -0.25) is 9.35 Å². The molecule has 0 radical (unpaired) electrons. The molecule has 0 aliphatic heterocycles. The predicted molar refractivity (Wildman–Crippen MR) is 90.7 cm³/mol. The molecule has 4 N–H and O–H groups in total. The third-order valence-electron chi connectivity index (χ3n) is 3.33. The summed E-state index contributed by atoms with van der Waals surface area (Å²) in [7, 11) is -3.88. The SMILES string of the molecule is CC(CN)S(=O)(=O)O.CCCCCCCCCCCC(=O)O.[H-].[Na+]. The van der Waals surface area contributed by atoms with Crippen LogP contribution in [0.25, 0.3) is 0 Å². The molecule has 0 aliphatic carbocycles. The van der Waals surface area contributed by atoms with Crippen molar-refractivity contribution in [1.29, 1.82) is 0 Å². The number of nitrogens with two attached hydrogens (primary N) is 1. The molecule has 0 aromatic heterocycles. The Labute approximate surface area is 165 Å². The summed E-state index contributed by atoms with van der Waals surface area (Å²) in [6, 6.07) is 0. The molecule has 0 aliphatic rings. The van der Waals surface area contributed by atoms with Crippen molar-refractivity contribution in [3.63, 3.8) is 0 Å². The molecule has 0 amide bonds. The van der Waals surface area contributed by atoms with Crippen molar-refractivity contribution in [2.24, 2.45) is 5.73 Å². The third kappa shape index (κ3) is 24.7. The smallest absolute Gasteiger partial charge is 1.00 e. The summed E-state index contributed by atoms with van der Waals surface area (Å²) in [5, 5.41) is 7.57. The zero-order valence-electron chi connectivity index (χ0n) is 16.0. The van der Waals surface area contributed by atoms with Crippen molar-refractivity contribution in [3.05, 3.63) is 0 Å². The van der Waals surface area contributed by atoms with Gasteiger partial charge < -0.3 is 12.3 Å². The number of hydrogen-bond acceptors (Lipinski definition) is 4. The van der Waals surface area contributed by atoms with Crippen LogP contribution in [0.3, 0.4) is 0 Å². The summed E-state index contributed by atoms with van der Waals surface area (Å²) in [6.07, 6.45) is 11.5. The second-order valence-electron chi connectivity index (χ2n) is 5.53. The maximum Gasteiger partial charge on any atom is 1.00 e. The fourth-order valence-electron chi connectivity index (χ4n) is 1.71. The Morgan fingerprint density at radius 3 is 1.70 bits per heavy atom. The van der Waals surface area contributed by atoms with Crippen LogP contribution >= 0.6 is 0 Å². The summed E-state index contributed by atoms with van der Waals surface area (Å²) >= 11 is 0. The molecule has 0 heterocycles. The molecule has 1 unspecified atom stereocenters. The molecule has 0 aromatic rings. The Bertz CT molecular complexity index is 369. The van der Waals surface area contributed by atoms with E-state index in [9.17, 15) is 13.2 Å². The number of rotatable bonds is 12. The third-order valence-corrected chi connectivity index (χ3v) is 4.54. The summed E-state index contributed by atoms with van der Waals surface area (Å²) in [5.41, 5.74) is 4.92. The van der Waals surface area contributed by atoms with Crippen molar-refractivity contribution < 1.29 is 53.9 Å². The minimum atomic E-state index is -3.88. The quantitative estimate of drug-likeness (QED) is 0.261. The molecule has 8 heteroatoms. The molecule has 136 valence electrons. The van der Waals surface area contributed by atoms with Crippen LogP contribution < -0.4 is 35.3 Å². The van der Waals surface area contributed by atoms with Crippen LogP contribution in [0, 0.1) is 0 Å². The second kappa shape index (κ2) is 18.7. The van der Waals surface area contributed by atoms with Crippen LogP contribution in [0.2, 0.25) is 0 Å². The van der Waals surface area contributed by atoms with E-state index in [-0.39, 0.29) is 37.5 Å². The maximum absolute atomic E-state index is 10.2. The minimum absolute atomic E-state index is 0. The number of unbranched alkanes of at least 4 members (excludes halogenated alkanes) is 8. The monoisotopic (exact) mass is 363 g/mol. The maximum atomic E-state index is 10.2. The van der Waals surface area contributed by atoms with E-state index in [4.69, 9.17) is 15.4 Å². The van der Waals surface area contributed by atoms with Gasteiger partial charge >= 0.3 is 35.5 Å². The normalized spacial score (nSPS) is 11.8. The zero-order valence-corrected chi connectivity index (χ0v) is 17.8. The van der Waals surface area contributed by atoms with Crippen molar-refractivity contribution >= 4 is 16.1 Å². The van der Waals surface area contributed by atoms with Gasteiger partial charge in [0.15, 0.2) is 0 Å². The summed E-state index contributed by atoms with van der Waals surface area (Å²) < 4.78 is 28.3. The van der Waals surface area contributed by atoms with E-state index in [1.54, 1.807) is 0 Å². The first-order valence-electron chi connectivity index (χ1n) is 8.13. The Morgan fingerprint density at radius 1 is 1.04 bits per heavy atom. The minimum Gasteiger partial charge on any atom is -1.00 e. The van der Waals surface area contributed by atoms with Crippen molar-refractivity contribution in [2.45, 2.75) is 83.3 Å². The van der Waals surface area contributed by atoms with E-state index in [2.05, 4.69) is 6.92 Å². The van der Waals surface area contributed by atoms with Gasteiger partial charge in [-0.15, -0.1) is 0 Å². The average molecular weight is 363 g/mol. The molecule has 23 heavy (non-hydrogen) atoms. The molecule has 0 bridgehead atoms. The van der Waals surface area contributed by atoms with Crippen LogP contribution in [0.5, 0.6) is 0 Å². The number of carboxylic acid groups (broad SMARTS) is 1. The largest absolute Gasteiger partial charge is 1.00 e. The standard InChI is InChI=1S/C12H24O2.C3H9NO3S.Na.H/c1-2-3-4-5-6-7-8-9-10-11-12(13)14;1-3(2-4)8(5,6)7;;/h2-11H2,1H3,(H,13,14);3H,2,4H2,1H3,(H,5,6,7);;/q;;+1;-1. The molecule has 0 aromatic carbocycles. The van der Waals surface area contributed by atoms with Crippen LogP contribution in [0.1, 0.15) is 79.5 Å². The zero-order chi connectivity index (χ0) is 17.4. The Kier molecular flexibility index (Phi) is 22.9. The first kappa shape index (κ1) is 28.2. The number of hydrogen-bond donors (Lipinski definition) is 3. The van der Waals surface area contributed by atoms with Crippen LogP contribution in [-0.4, -0.2) is 35.8 Å². The molecular weight excluding hydrogens is 329 g/mol. The van der Waals surface area contributed by atoms with Gasteiger partial charge in [-0.25, -0.2) is 0 Å². The van der Waals surface area contributed by atoms with E-state index in [0.29, 0.717) is 6.42 Å². The van der Waals surface area contributed by atoms with Crippen LogP contribution in [-0.2, 0) is 14.9 Å². The van der Waals surface area contributed by atoms with Gasteiger partial charge in [0.25, 0.3) is 10.1 Å². The first-order valence-corrected chi connectivity index (χ1v) is 9.64. The van der Waals surface area contributed by atoms with E-state index in [1.165, 1.54) is 51.9 Å². The molecule has 1 atom stereocenters. The summed E-state index contributed by atoms with van der Waals surface area (Å²) in [6.45, 7) is 3.53. The van der Waals surface area contributed by atoms with Gasteiger partial charge in [0.1, 0.15) is 0 Å². The van der Waals surface area contributed by atoms with Gasteiger partial charge in [-0.2, -0.15) is 8.42 Å². The Balaban J connectivity index is -0.000000174. The van der Waals surface area contributed by atoms with E-state index < -0.39 is 21.3 Å². The molecule has 0 rings (SSSR count). The van der Waals surface area contributed by atoms with E-state index >= 15 is 0 Å². The first-order chi connectivity index (χ1) is 10.3. The van der Waals surface area contributed by atoms with Crippen LogP contribution in [0.15, 0.2) is 0 Å². The molecule has 0 saturated heterocycles. The van der Waals surface area contributed by atoms with E-state index in [1.807, 2.05) is 0 Å². The topological polar surface area (TPSA) is 118 Å². The van der Waals surface area contributed by atoms with Gasteiger partial charge in [0, 0.05) is 13.0 Å². The molecule has 0 fully saturated rings. The average Bonchev–Trinajstić information content (AvgIpc) is 2.44. The van der Waals surface area contributed by atoms with Crippen molar-refractivity contribution in [1.82, 2.24) is 0 Å². The van der Waals surface area contributed by atoms with Gasteiger partial charge in [0.2, 0.25) is 0 Å². The van der Waals surface area contributed by atoms with Gasteiger partial charge in [-0.05, 0) is 13.3 Å². The fourth-order valence-corrected chi connectivity index (χ4v) is 1.95.